The lowest BCUT2D eigenvalue weighted by Gasteiger charge is -2.21. The van der Waals surface area contributed by atoms with Gasteiger partial charge < -0.3 is 9.67 Å². The molecule has 1 atom stereocenters. The van der Waals surface area contributed by atoms with Crippen LogP contribution in [0.5, 0.6) is 0 Å². The van der Waals surface area contributed by atoms with Gasteiger partial charge in [0.15, 0.2) is 0 Å². The van der Waals surface area contributed by atoms with E-state index in [9.17, 15) is 9.50 Å². The number of halogens is 1. The van der Waals surface area contributed by atoms with Crippen molar-refractivity contribution in [3.8, 4) is 5.69 Å². The van der Waals surface area contributed by atoms with E-state index in [-0.39, 0.29) is 11.9 Å². The Morgan fingerprint density at radius 1 is 1.33 bits per heavy atom. The summed E-state index contributed by atoms with van der Waals surface area (Å²) in [6.07, 6.45) is 4.30. The van der Waals surface area contributed by atoms with Crippen LogP contribution in [0.1, 0.15) is 35.8 Å². The first-order valence-corrected chi connectivity index (χ1v) is 6.32. The van der Waals surface area contributed by atoms with Crippen LogP contribution >= 0.6 is 0 Å². The van der Waals surface area contributed by atoms with E-state index in [2.05, 4.69) is 0 Å². The Morgan fingerprint density at radius 3 is 3.00 bits per heavy atom. The number of aliphatic hydroxyl groups excluding tert-OH is 1. The summed E-state index contributed by atoms with van der Waals surface area (Å²) in [5, 5.41) is 9.96. The molecule has 0 saturated heterocycles. The van der Waals surface area contributed by atoms with Crippen LogP contribution in [0.4, 0.5) is 4.39 Å². The highest BCUT2D eigenvalue weighted by atomic mass is 19.1. The topological polar surface area (TPSA) is 25.2 Å². The van der Waals surface area contributed by atoms with Crippen LogP contribution in [0.25, 0.3) is 5.69 Å². The van der Waals surface area contributed by atoms with Crippen molar-refractivity contribution in [2.75, 3.05) is 0 Å². The molecule has 1 unspecified atom stereocenters. The van der Waals surface area contributed by atoms with Gasteiger partial charge in [0, 0.05) is 23.0 Å². The van der Waals surface area contributed by atoms with Crippen LogP contribution < -0.4 is 0 Å². The lowest BCUT2D eigenvalue weighted by Crippen LogP contribution is -2.11. The molecule has 0 fully saturated rings. The highest BCUT2D eigenvalue weighted by Crippen LogP contribution is 2.32. The van der Waals surface area contributed by atoms with E-state index >= 15 is 0 Å². The van der Waals surface area contributed by atoms with E-state index in [4.69, 9.17) is 0 Å². The second kappa shape index (κ2) is 4.25. The van der Waals surface area contributed by atoms with Crippen LogP contribution in [-0.2, 0) is 6.42 Å². The molecule has 0 radical (unpaired) electrons. The fourth-order valence-electron chi connectivity index (χ4n) is 2.75. The van der Waals surface area contributed by atoms with Gasteiger partial charge in [-0.15, -0.1) is 0 Å². The minimum absolute atomic E-state index is 0.189. The number of benzene rings is 1. The third-order valence-corrected chi connectivity index (χ3v) is 3.78. The standard InChI is InChI=1S/C15H16FNO/c1-10-12(16)4-2-5-13(10)17-9-8-11-14(17)6-3-7-15(11)18/h2,4-5,8-9,15,18H,3,6-7H2,1H3. The number of fused-ring (bicyclic) bond motifs is 1. The predicted molar refractivity (Wildman–Crippen MR) is 68.4 cm³/mol. The average Bonchev–Trinajstić information content (AvgIpc) is 2.78. The summed E-state index contributed by atoms with van der Waals surface area (Å²) in [5.74, 6) is -0.189. The Labute approximate surface area is 106 Å². The monoisotopic (exact) mass is 245 g/mol. The molecule has 18 heavy (non-hydrogen) atoms. The predicted octanol–water partition coefficient (Wildman–Crippen LogP) is 3.29. The summed E-state index contributed by atoms with van der Waals surface area (Å²) in [6, 6.07) is 7.07. The second-order valence-electron chi connectivity index (χ2n) is 4.88. The van der Waals surface area contributed by atoms with Gasteiger partial charge in [0.25, 0.3) is 0 Å². The largest absolute Gasteiger partial charge is 0.388 e. The van der Waals surface area contributed by atoms with E-state index in [0.717, 1.165) is 36.2 Å². The summed E-state index contributed by atoms with van der Waals surface area (Å²) in [4.78, 5) is 0. The lowest BCUT2D eigenvalue weighted by molar-refractivity contribution is 0.156. The minimum Gasteiger partial charge on any atom is -0.388 e. The molecule has 3 heteroatoms. The van der Waals surface area contributed by atoms with Crippen LogP contribution in [0.3, 0.4) is 0 Å². The van der Waals surface area contributed by atoms with Crippen LogP contribution in [0, 0.1) is 12.7 Å². The first-order chi connectivity index (χ1) is 8.68. The van der Waals surface area contributed by atoms with Crippen LogP contribution in [0.15, 0.2) is 30.5 Å². The molecule has 94 valence electrons. The molecule has 2 nitrogen and oxygen atoms in total. The van der Waals surface area contributed by atoms with Gasteiger partial charge in [-0.25, -0.2) is 4.39 Å². The molecule has 0 saturated carbocycles. The van der Waals surface area contributed by atoms with Crippen molar-refractivity contribution in [3.63, 3.8) is 0 Å². The maximum atomic E-state index is 13.6. The Kier molecular flexibility index (Phi) is 2.71. The molecule has 3 rings (SSSR count). The molecule has 1 N–H and O–H groups in total. The summed E-state index contributed by atoms with van der Waals surface area (Å²) >= 11 is 0. The molecule has 1 aromatic heterocycles. The highest BCUT2D eigenvalue weighted by molar-refractivity contribution is 5.45. The van der Waals surface area contributed by atoms with Crippen molar-refractivity contribution < 1.29 is 9.50 Å². The second-order valence-corrected chi connectivity index (χ2v) is 4.88. The normalized spacial score (nSPS) is 18.7. The fraction of sp³-hybridized carbons (Fsp3) is 0.333. The van der Waals surface area contributed by atoms with Gasteiger partial charge in [-0.3, -0.25) is 0 Å². The third-order valence-electron chi connectivity index (χ3n) is 3.78. The van der Waals surface area contributed by atoms with Crippen molar-refractivity contribution in [1.82, 2.24) is 4.57 Å². The van der Waals surface area contributed by atoms with Gasteiger partial charge in [0.05, 0.1) is 11.8 Å². The summed E-state index contributed by atoms with van der Waals surface area (Å²) in [6.45, 7) is 1.79. The van der Waals surface area contributed by atoms with Crippen molar-refractivity contribution in [3.05, 3.63) is 53.1 Å². The van der Waals surface area contributed by atoms with Crippen molar-refractivity contribution >= 4 is 0 Å². The number of aromatic nitrogens is 1. The van der Waals surface area contributed by atoms with Gasteiger partial charge in [-0.1, -0.05) is 6.07 Å². The molecular weight excluding hydrogens is 229 g/mol. The Hall–Kier alpha value is -1.61. The SMILES string of the molecule is Cc1c(F)cccc1-n1ccc2c1CCCC2O. The zero-order chi connectivity index (χ0) is 12.7. The van der Waals surface area contributed by atoms with Crippen molar-refractivity contribution in [2.24, 2.45) is 0 Å². The molecular formula is C15H16FNO. The number of rotatable bonds is 1. The molecule has 0 bridgehead atoms. The molecule has 1 aliphatic rings. The fourth-order valence-corrected chi connectivity index (χ4v) is 2.75. The molecule has 0 aliphatic heterocycles. The van der Waals surface area contributed by atoms with E-state index < -0.39 is 0 Å². The van der Waals surface area contributed by atoms with E-state index in [0.29, 0.717) is 5.56 Å². The van der Waals surface area contributed by atoms with Crippen LogP contribution in [0.2, 0.25) is 0 Å². The van der Waals surface area contributed by atoms with E-state index in [1.807, 2.05) is 22.9 Å². The number of aliphatic hydroxyl groups is 1. The van der Waals surface area contributed by atoms with Gasteiger partial charge in [0.1, 0.15) is 5.82 Å². The average molecular weight is 245 g/mol. The molecule has 2 aromatic rings. The van der Waals surface area contributed by atoms with E-state index in [1.54, 1.807) is 13.0 Å². The minimum atomic E-state index is -0.371. The lowest BCUT2D eigenvalue weighted by atomic mass is 9.95. The van der Waals surface area contributed by atoms with Gasteiger partial charge in [-0.05, 0) is 44.4 Å². The molecule has 1 aliphatic carbocycles. The Bertz CT molecular complexity index is 588. The number of nitrogens with zero attached hydrogens (tertiary/aromatic N) is 1. The quantitative estimate of drug-likeness (QED) is 0.819. The molecule has 1 aromatic carbocycles. The molecule has 0 spiro atoms. The van der Waals surface area contributed by atoms with Gasteiger partial charge >= 0.3 is 0 Å². The van der Waals surface area contributed by atoms with E-state index in [1.165, 1.54) is 6.07 Å². The van der Waals surface area contributed by atoms with Crippen LogP contribution in [-0.4, -0.2) is 9.67 Å². The Balaban J connectivity index is 2.16. The summed E-state index contributed by atoms with van der Waals surface area (Å²) < 4.78 is 15.6. The number of hydrogen-bond acceptors (Lipinski definition) is 1. The van der Waals surface area contributed by atoms with Gasteiger partial charge in [-0.2, -0.15) is 0 Å². The maximum Gasteiger partial charge on any atom is 0.128 e. The summed E-state index contributed by atoms with van der Waals surface area (Å²) in [5.41, 5.74) is 3.62. The zero-order valence-corrected chi connectivity index (χ0v) is 10.4. The molecule has 1 heterocycles. The van der Waals surface area contributed by atoms with Gasteiger partial charge in [0.2, 0.25) is 0 Å². The Morgan fingerprint density at radius 2 is 2.17 bits per heavy atom. The zero-order valence-electron chi connectivity index (χ0n) is 10.4. The summed E-state index contributed by atoms with van der Waals surface area (Å²) in [7, 11) is 0. The third kappa shape index (κ3) is 1.66. The first-order valence-electron chi connectivity index (χ1n) is 6.32. The molecule has 0 amide bonds. The maximum absolute atomic E-state index is 13.6. The smallest absolute Gasteiger partial charge is 0.128 e. The van der Waals surface area contributed by atoms with Crippen molar-refractivity contribution in [2.45, 2.75) is 32.3 Å². The number of hydrogen-bond donors (Lipinski definition) is 1. The first kappa shape index (κ1) is 11.5. The van der Waals surface area contributed by atoms with Crippen molar-refractivity contribution in [1.29, 1.82) is 0 Å². The highest BCUT2D eigenvalue weighted by Gasteiger charge is 2.22.